The van der Waals surface area contributed by atoms with Crippen LogP contribution in [0.4, 0.5) is 0 Å². The van der Waals surface area contributed by atoms with Crippen LogP contribution < -0.4 is 5.73 Å². The number of hydrogen-bond donors (Lipinski definition) is 1. The molecule has 0 aliphatic heterocycles. The Morgan fingerprint density at radius 3 is 2.38 bits per heavy atom. The van der Waals surface area contributed by atoms with Crippen LogP contribution in [0.3, 0.4) is 0 Å². The summed E-state index contributed by atoms with van der Waals surface area (Å²) in [6.45, 7) is 5.52. The minimum atomic E-state index is -0.00796. The molecule has 0 aromatic heterocycles. The van der Waals surface area contributed by atoms with Crippen molar-refractivity contribution in [3.05, 3.63) is 0 Å². The van der Waals surface area contributed by atoms with E-state index in [0.29, 0.717) is 12.5 Å². The van der Waals surface area contributed by atoms with Gasteiger partial charge in [-0.3, -0.25) is 4.79 Å². The lowest BCUT2D eigenvalue weighted by Crippen LogP contribution is -2.41. The van der Waals surface area contributed by atoms with Gasteiger partial charge in [0.1, 0.15) is 0 Å². The third kappa shape index (κ3) is 3.48. The van der Waals surface area contributed by atoms with Gasteiger partial charge in [0.05, 0.1) is 5.92 Å². The fraction of sp³-hybridized carbons (Fsp3) is 0.923. The Hall–Kier alpha value is -0.570. The van der Waals surface area contributed by atoms with E-state index in [9.17, 15) is 4.79 Å². The molecule has 0 saturated heterocycles. The van der Waals surface area contributed by atoms with Gasteiger partial charge in [-0.25, -0.2) is 0 Å². The van der Waals surface area contributed by atoms with Gasteiger partial charge in [0.25, 0.3) is 0 Å². The van der Waals surface area contributed by atoms with E-state index < -0.39 is 0 Å². The molecule has 0 aromatic carbocycles. The Bertz CT molecular complexity index is 222. The van der Waals surface area contributed by atoms with E-state index in [0.717, 1.165) is 12.5 Å². The third-order valence-corrected chi connectivity index (χ3v) is 3.76. The van der Waals surface area contributed by atoms with Crippen molar-refractivity contribution in [1.82, 2.24) is 4.90 Å². The van der Waals surface area contributed by atoms with Crippen LogP contribution in [0.5, 0.6) is 0 Å². The molecule has 1 amide bonds. The Morgan fingerprint density at radius 2 is 1.94 bits per heavy atom. The Balaban J connectivity index is 2.44. The van der Waals surface area contributed by atoms with Crippen molar-refractivity contribution in [1.29, 1.82) is 0 Å². The van der Waals surface area contributed by atoms with Gasteiger partial charge in [-0.1, -0.05) is 26.7 Å². The average Bonchev–Trinajstić information content (AvgIpc) is 2.70. The van der Waals surface area contributed by atoms with E-state index >= 15 is 0 Å². The van der Waals surface area contributed by atoms with Crippen LogP contribution in [0, 0.1) is 17.8 Å². The lowest BCUT2D eigenvalue weighted by Gasteiger charge is -2.27. The second kappa shape index (κ2) is 6.24. The number of nitrogens with two attached hydrogens (primary N) is 1. The SMILES string of the molecule is CC(C)C(CN)C(=O)N(C)CC1CCCC1. The van der Waals surface area contributed by atoms with Gasteiger partial charge in [0, 0.05) is 20.1 Å². The molecule has 3 nitrogen and oxygen atoms in total. The number of rotatable bonds is 5. The highest BCUT2D eigenvalue weighted by atomic mass is 16.2. The van der Waals surface area contributed by atoms with Gasteiger partial charge in [-0.2, -0.15) is 0 Å². The minimum Gasteiger partial charge on any atom is -0.345 e. The topological polar surface area (TPSA) is 46.3 Å². The largest absolute Gasteiger partial charge is 0.345 e. The van der Waals surface area contributed by atoms with Gasteiger partial charge in [0.15, 0.2) is 0 Å². The maximum absolute atomic E-state index is 12.1. The van der Waals surface area contributed by atoms with Gasteiger partial charge in [0.2, 0.25) is 5.91 Å². The summed E-state index contributed by atoms with van der Waals surface area (Å²) in [5.41, 5.74) is 5.67. The summed E-state index contributed by atoms with van der Waals surface area (Å²) in [6, 6.07) is 0. The molecule has 2 N–H and O–H groups in total. The van der Waals surface area contributed by atoms with Crippen LogP contribution in [0.1, 0.15) is 39.5 Å². The highest BCUT2D eigenvalue weighted by Crippen LogP contribution is 2.25. The van der Waals surface area contributed by atoms with Gasteiger partial charge in [-0.05, 0) is 24.7 Å². The lowest BCUT2D eigenvalue weighted by molar-refractivity contribution is -0.135. The number of nitrogens with zero attached hydrogens (tertiary/aromatic N) is 1. The van der Waals surface area contributed by atoms with Crippen molar-refractivity contribution in [3.8, 4) is 0 Å². The molecule has 1 fully saturated rings. The zero-order valence-corrected chi connectivity index (χ0v) is 10.9. The molecule has 16 heavy (non-hydrogen) atoms. The summed E-state index contributed by atoms with van der Waals surface area (Å²) in [5, 5.41) is 0. The molecule has 1 aliphatic rings. The first kappa shape index (κ1) is 13.5. The smallest absolute Gasteiger partial charge is 0.226 e. The first-order valence-corrected chi connectivity index (χ1v) is 6.51. The minimum absolute atomic E-state index is 0.00796. The Kier molecular flexibility index (Phi) is 5.26. The van der Waals surface area contributed by atoms with Crippen LogP contribution in [-0.2, 0) is 4.79 Å². The van der Waals surface area contributed by atoms with Crippen molar-refractivity contribution >= 4 is 5.91 Å². The molecular weight excluding hydrogens is 200 g/mol. The summed E-state index contributed by atoms with van der Waals surface area (Å²) in [4.78, 5) is 14.0. The van der Waals surface area contributed by atoms with E-state index in [1.54, 1.807) is 0 Å². The fourth-order valence-corrected chi connectivity index (χ4v) is 2.61. The highest BCUT2D eigenvalue weighted by Gasteiger charge is 2.26. The predicted octanol–water partition coefficient (Wildman–Crippen LogP) is 1.87. The third-order valence-electron chi connectivity index (χ3n) is 3.76. The fourth-order valence-electron chi connectivity index (χ4n) is 2.61. The molecule has 0 radical (unpaired) electrons. The van der Waals surface area contributed by atoms with E-state index in [4.69, 9.17) is 5.73 Å². The number of amides is 1. The molecule has 94 valence electrons. The lowest BCUT2D eigenvalue weighted by atomic mass is 9.94. The quantitative estimate of drug-likeness (QED) is 0.778. The first-order valence-electron chi connectivity index (χ1n) is 6.51. The van der Waals surface area contributed by atoms with E-state index in [1.807, 2.05) is 11.9 Å². The molecule has 0 heterocycles. The monoisotopic (exact) mass is 226 g/mol. The van der Waals surface area contributed by atoms with Crippen molar-refractivity contribution in [2.24, 2.45) is 23.5 Å². The summed E-state index contributed by atoms with van der Waals surface area (Å²) >= 11 is 0. The highest BCUT2D eigenvalue weighted by molar-refractivity contribution is 5.79. The molecule has 1 atom stereocenters. The number of carbonyl (C=O) groups excluding carboxylic acids is 1. The van der Waals surface area contributed by atoms with E-state index in [1.165, 1.54) is 25.7 Å². The maximum Gasteiger partial charge on any atom is 0.226 e. The Morgan fingerprint density at radius 1 is 1.38 bits per heavy atom. The average molecular weight is 226 g/mol. The van der Waals surface area contributed by atoms with Crippen LogP contribution >= 0.6 is 0 Å². The molecule has 1 unspecified atom stereocenters. The second-order valence-corrected chi connectivity index (χ2v) is 5.46. The maximum atomic E-state index is 12.1. The summed E-state index contributed by atoms with van der Waals surface area (Å²) in [7, 11) is 1.92. The summed E-state index contributed by atoms with van der Waals surface area (Å²) in [6.07, 6.45) is 5.23. The molecule has 0 bridgehead atoms. The summed E-state index contributed by atoms with van der Waals surface area (Å²) in [5.74, 6) is 1.28. The normalized spacial score (nSPS) is 19.1. The van der Waals surface area contributed by atoms with Gasteiger partial charge in [-0.15, -0.1) is 0 Å². The standard InChI is InChI=1S/C13H26N2O/c1-10(2)12(8-14)13(16)15(3)9-11-6-4-5-7-11/h10-12H,4-9,14H2,1-3H3. The summed E-state index contributed by atoms with van der Waals surface area (Å²) < 4.78 is 0. The zero-order valence-electron chi connectivity index (χ0n) is 10.9. The van der Waals surface area contributed by atoms with E-state index in [2.05, 4.69) is 13.8 Å². The van der Waals surface area contributed by atoms with Crippen LogP contribution in [0.25, 0.3) is 0 Å². The van der Waals surface area contributed by atoms with Crippen LogP contribution in [0.2, 0.25) is 0 Å². The van der Waals surface area contributed by atoms with Crippen molar-refractivity contribution in [2.75, 3.05) is 20.1 Å². The van der Waals surface area contributed by atoms with Crippen molar-refractivity contribution in [3.63, 3.8) is 0 Å². The predicted molar refractivity (Wildman–Crippen MR) is 67.0 cm³/mol. The molecule has 0 spiro atoms. The zero-order chi connectivity index (χ0) is 12.1. The van der Waals surface area contributed by atoms with Gasteiger partial charge < -0.3 is 10.6 Å². The molecule has 1 aliphatic carbocycles. The van der Waals surface area contributed by atoms with E-state index in [-0.39, 0.29) is 11.8 Å². The second-order valence-electron chi connectivity index (χ2n) is 5.46. The van der Waals surface area contributed by atoms with Crippen LogP contribution in [-0.4, -0.2) is 30.9 Å². The van der Waals surface area contributed by atoms with Crippen molar-refractivity contribution < 1.29 is 4.79 Å². The number of hydrogen-bond acceptors (Lipinski definition) is 2. The first-order chi connectivity index (χ1) is 7.56. The Labute approximate surface area is 99.4 Å². The molecule has 1 saturated carbocycles. The van der Waals surface area contributed by atoms with Gasteiger partial charge >= 0.3 is 0 Å². The molecule has 0 aromatic rings. The molecule has 3 heteroatoms. The van der Waals surface area contributed by atoms with Crippen LogP contribution in [0.15, 0.2) is 0 Å². The number of carbonyl (C=O) groups is 1. The molecule has 1 rings (SSSR count). The van der Waals surface area contributed by atoms with Crippen molar-refractivity contribution in [2.45, 2.75) is 39.5 Å². The molecular formula is C13H26N2O.